The number of nitrogens with zero attached hydrogens (tertiary/aromatic N) is 1. The van der Waals surface area contributed by atoms with Crippen LogP contribution in [0.2, 0.25) is 0 Å². The Morgan fingerprint density at radius 1 is 1.16 bits per heavy atom. The van der Waals surface area contributed by atoms with Gasteiger partial charge in [-0.1, -0.05) is 42.5 Å². The van der Waals surface area contributed by atoms with E-state index in [9.17, 15) is 4.79 Å². The molecule has 2 aromatic carbocycles. The van der Waals surface area contributed by atoms with Gasteiger partial charge in [-0.2, -0.15) is 5.26 Å². The average molecular weight is 332 g/mol. The highest BCUT2D eigenvalue weighted by Gasteiger charge is 2.50. The van der Waals surface area contributed by atoms with Crippen molar-refractivity contribution in [2.24, 2.45) is 5.92 Å². The van der Waals surface area contributed by atoms with Gasteiger partial charge in [-0.05, 0) is 48.4 Å². The lowest BCUT2D eigenvalue weighted by Crippen LogP contribution is -2.36. The molecule has 2 saturated carbocycles. The monoisotopic (exact) mass is 332 g/mol. The van der Waals surface area contributed by atoms with Gasteiger partial charge in [-0.3, -0.25) is 4.79 Å². The Labute approximate surface area is 147 Å². The van der Waals surface area contributed by atoms with Crippen LogP contribution in [-0.2, 0) is 11.4 Å². The summed E-state index contributed by atoms with van der Waals surface area (Å²) in [7, 11) is 0. The first-order chi connectivity index (χ1) is 12.2. The molecule has 2 fully saturated rings. The van der Waals surface area contributed by atoms with E-state index in [-0.39, 0.29) is 17.7 Å². The molecule has 126 valence electrons. The van der Waals surface area contributed by atoms with Crippen molar-refractivity contribution in [3.05, 3.63) is 65.7 Å². The van der Waals surface area contributed by atoms with Crippen molar-refractivity contribution in [2.45, 2.75) is 37.3 Å². The summed E-state index contributed by atoms with van der Waals surface area (Å²) >= 11 is 0. The number of carbonyl (C=O) groups excluding carboxylic acids is 1. The highest BCUT2D eigenvalue weighted by atomic mass is 16.5. The van der Waals surface area contributed by atoms with Crippen LogP contribution in [0.4, 0.5) is 0 Å². The summed E-state index contributed by atoms with van der Waals surface area (Å²) in [6.07, 6.45) is 2.41. The Kier molecular flexibility index (Phi) is 3.93. The first kappa shape index (κ1) is 15.7. The molecule has 25 heavy (non-hydrogen) atoms. The van der Waals surface area contributed by atoms with Crippen molar-refractivity contribution in [1.29, 1.82) is 5.26 Å². The summed E-state index contributed by atoms with van der Waals surface area (Å²) in [5.41, 5.74) is 1.73. The zero-order chi connectivity index (χ0) is 17.3. The smallest absolute Gasteiger partial charge is 0.224 e. The van der Waals surface area contributed by atoms with Crippen LogP contribution in [0.15, 0.2) is 54.6 Å². The molecular formula is C21H20N2O2. The number of ether oxygens (including phenoxy) is 1. The topological polar surface area (TPSA) is 62.1 Å². The van der Waals surface area contributed by atoms with Crippen molar-refractivity contribution in [2.75, 3.05) is 0 Å². The van der Waals surface area contributed by atoms with Crippen molar-refractivity contribution in [3.63, 3.8) is 0 Å². The Balaban J connectivity index is 1.31. The first-order valence-electron chi connectivity index (χ1n) is 8.69. The second-order valence-electron chi connectivity index (χ2n) is 6.98. The lowest BCUT2D eigenvalue weighted by Gasteiger charge is -2.09. The molecule has 2 aromatic rings. The normalized spacial score (nSPS) is 22.5. The number of rotatable bonds is 6. The predicted molar refractivity (Wildman–Crippen MR) is 93.8 cm³/mol. The number of amides is 1. The van der Waals surface area contributed by atoms with Gasteiger partial charge in [-0.15, -0.1) is 0 Å². The fourth-order valence-corrected chi connectivity index (χ4v) is 3.12. The average Bonchev–Trinajstić information content (AvgIpc) is 3.56. The van der Waals surface area contributed by atoms with Gasteiger partial charge in [0.2, 0.25) is 5.91 Å². The van der Waals surface area contributed by atoms with Crippen LogP contribution < -0.4 is 10.1 Å². The number of hydrogen-bond donors (Lipinski definition) is 1. The molecule has 2 aliphatic carbocycles. The number of carbonyl (C=O) groups is 1. The third-order valence-corrected chi connectivity index (χ3v) is 5.01. The third kappa shape index (κ3) is 3.51. The van der Waals surface area contributed by atoms with Crippen molar-refractivity contribution in [3.8, 4) is 11.8 Å². The van der Waals surface area contributed by atoms with Gasteiger partial charge in [0, 0.05) is 5.92 Å². The number of benzene rings is 2. The molecule has 1 N–H and O–H groups in total. The van der Waals surface area contributed by atoms with Crippen molar-refractivity contribution < 1.29 is 9.53 Å². The first-order valence-corrected chi connectivity index (χ1v) is 8.69. The van der Waals surface area contributed by atoms with Gasteiger partial charge in [0.1, 0.15) is 17.9 Å². The van der Waals surface area contributed by atoms with Crippen LogP contribution in [-0.4, -0.2) is 11.4 Å². The number of nitriles is 1. The summed E-state index contributed by atoms with van der Waals surface area (Å²) in [5.74, 6) is 1.11. The zero-order valence-electron chi connectivity index (χ0n) is 13.9. The van der Waals surface area contributed by atoms with E-state index in [1.807, 2.05) is 54.6 Å². The van der Waals surface area contributed by atoms with Crippen LogP contribution in [0, 0.1) is 17.2 Å². The van der Waals surface area contributed by atoms with Crippen molar-refractivity contribution >= 4 is 5.91 Å². The van der Waals surface area contributed by atoms with E-state index >= 15 is 0 Å². The quantitative estimate of drug-likeness (QED) is 0.880. The molecule has 0 saturated heterocycles. The van der Waals surface area contributed by atoms with E-state index in [0.717, 1.165) is 36.1 Å². The van der Waals surface area contributed by atoms with E-state index in [0.29, 0.717) is 6.61 Å². The molecule has 2 aliphatic rings. The Hall–Kier alpha value is -2.80. The summed E-state index contributed by atoms with van der Waals surface area (Å²) in [5, 5.41) is 12.0. The fraction of sp³-hybridized carbons (Fsp3) is 0.333. The van der Waals surface area contributed by atoms with Crippen LogP contribution in [0.5, 0.6) is 5.75 Å². The molecule has 0 heterocycles. The van der Waals surface area contributed by atoms with E-state index < -0.39 is 5.54 Å². The molecule has 0 spiro atoms. The van der Waals surface area contributed by atoms with E-state index in [1.54, 1.807) is 0 Å². The Morgan fingerprint density at radius 2 is 1.88 bits per heavy atom. The predicted octanol–water partition coefficient (Wildman–Crippen LogP) is 3.54. The molecule has 0 bridgehead atoms. The largest absolute Gasteiger partial charge is 0.489 e. The molecule has 0 aromatic heterocycles. The number of hydrogen-bond acceptors (Lipinski definition) is 3. The molecule has 0 aliphatic heterocycles. The Morgan fingerprint density at radius 3 is 2.52 bits per heavy atom. The van der Waals surface area contributed by atoms with Gasteiger partial charge < -0.3 is 10.1 Å². The maximum absolute atomic E-state index is 12.2. The molecule has 4 nitrogen and oxygen atoms in total. The highest BCUT2D eigenvalue weighted by Crippen LogP contribution is 2.48. The van der Waals surface area contributed by atoms with Crippen LogP contribution in [0.1, 0.15) is 36.3 Å². The minimum atomic E-state index is -0.570. The number of nitrogens with one attached hydrogen (secondary N) is 1. The van der Waals surface area contributed by atoms with E-state index in [4.69, 9.17) is 10.00 Å². The summed E-state index contributed by atoms with van der Waals surface area (Å²) < 4.78 is 5.79. The van der Waals surface area contributed by atoms with Gasteiger partial charge in [0.25, 0.3) is 0 Å². The van der Waals surface area contributed by atoms with Crippen molar-refractivity contribution in [1.82, 2.24) is 5.32 Å². The summed E-state index contributed by atoms with van der Waals surface area (Å²) in [6, 6.07) is 20.3. The van der Waals surface area contributed by atoms with Gasteiger partial charge in [-0.25, -0.2) is 0 Å². The molecule has 2 unspecified atom stereocenters. The van der Waals surface area contributed by atoms with E-state index in [2.05, 4.69) is 11.4 Å². The second kappa shape index (κ2) is 6.25. The minimum Gasteiger partial charge on any atom is -0.489 e. The second-order valence-corrected chi connectivity index (χ2v) is 6.98. The lowest BCUT2D eigenvalue weighted by atomic mass is 10.1. The zero-order valence-corrected chi connectivity index (χ0v) is 13.9. The Bertz CT molecular complexity index is 804. The van der Waals surface area contributed by atoms with Gasteiger partial charge in [0.15, 0.2) is 0 Å². The molecule has 2 atom stereocenters. The van der Waals surface area contributed by atoms with Gasteiger partial charge in [0.05, 0.1) is 6.07 Å². The minimum absolute atomic E-state index is 0.00177. The summed E-state index contributed by atoms with van der Waals surface area (Å²) in [4.78, 5) is 12.2. The van der Waals surface area contributed by atoms with Crippen LogP contribution in [0.3, 0.4) is 0 Å². The highest BCUT2D eigenvalue weighted by molar-refractivity contribution is 5.84. The van der Waals surface area contributed by atoms with Crippen LogP contribution in [0.25, 0.3) is 0 Å². The molecular weight excluding hydrogens is 312 g/mol. The summed E-state index contributed by atoms with van der Waals surface area (Å²) in [6.45, 7) is 0.547. The molecule has 4 rings (SSSR count). The lowest BCUT2D eigenvalue weighted by molar-refractivity contribution is -0.123. The molecule has 1 amide bonds. The standard InChI is InChI=1S/C21H20N2O2/c22-14-21(10-11-21)23-20(24)19-12-18(19)16-6-8-17(9-7-16)25-13-15-4-2-1-3-5-15/h1-9,18-19H,10-13H2,(H,23,24). The SMILES string of the molecule is N#CC1(NC(=O)C2CC2c2ccc(OCc3ccccc3)cc2)CC1. The van der Waals surface area contributed by atoms with Gasteiger partial charge >= 0.3 is 0 Å². The maximum atomic E-state index is 12.2. The van der Waals surface area contributed by atoms with E-state index in [1.165, 1.54) is 0 Å². The third-order valence-electron chi connectivity index (χ3n) is 5.01. The van der Waals surface area contributed by atoms with Crippen LogP contribution >= 0.6 is 0 Å². The fourth-order valence-electron chi connectivity index (χ4n) is 3.12. The molecule has 4 heteroatoms. The maximum Gasteiger partial charge on any atom is 0.224 e. The molecule has 0 radical (unpaired) electrons.